The molecule has 0 spiro atoms. The molecule has 1 rings (SSSR count). The highest BCUT2D eigenvalue weighted by molar-refractivity contribution is 4.74. The normalized spacial score (nSPS) is 20.1. The summed E-state index contributed by atoms with van der Waals surface area (Å²) in [6, 6.07) is 0.804. The minimum Gasteiger partial charge on any atom is -0.314 e. The summed E-state index contributed by atoms with van der Waals surface area (Å²) < 4.78 is 0. The Kier molecular flexibility index (Phi) is 8.78. The Morgan fingerprint density at radius 2 is 1.71 bits per heavy atom. The van der Waals surface area contributed by atoms with Crippen LogP contribution in [0.1, 0.15) is 84.5 Å². The molecule has 1 saturated carbocycles. The van der Waals surface area contributed by atoms with E-state index >= 15 is 0 Å². The van der Waals surface area contributed by atoms with Gasteiger partial charge in [-0.15, -0.1) is 0 Å². The Labute approximate surface area is 109 Å². The highest BCUT2D eigenvalue weighted by Crippen LogP contribution is 2.27. The van der Waals surface area contributed by atoms with Crippen LogP contribution in [0.3, 0.4) is 0 Å². The van der Waals surface area contributed by atoms with E-state index in [4.69, 9.17) is 0 Å². The molecule has 0 aromatic heterocycles. The van der Waals surface area contributed by atoms with Crippen LogP contribution in [0.15, 0.2) is 0 Å². The monoisotopic (exact) mass is 239 g/mol. The molecule has 1 unspecified atom stereocenters. The molecule has 1 atom stereocenters. The van der Waals surface area contributed by atoms with Crippen LogP contribution in [0.2, 0.25) is 0 Å². The van der Waals surface area contributed by atoms with Crippen molar-refractivity contribution in [3.63, 3.8) is 0 Å². The largest absolute Gasteiger partial charge is 0.314 e. The zero-order valence-electron chi connectivity index (χ0n) is 12.1. The Hall–Kier alpha value is -0.0400. The average molecular weight is 239 g/mol. The fourth-order valence-corrected chi connectivity index (χ4v) is 3.10. The van der Waals surface area contributed by atoms with Crippen LogP contribution < -0.4 is 5.32 Å². The predicted octanol–water partition coefficient (Wildman–Crippen LogP) is 4.91. The Balaban J connectivity index is 2.28. The minimum absolute atomic E-state index is 0.804. The highest BCUT2D eigenvalue weighted by atomic mass is 14.9. The molecule has 1 N–H and O–H groups in total. The van der Waals surface area contributed by atoms with Gasteiger partial charge in [-0.1, -0.05) is 65.2 Å². The summed E-state index contributed by atoms with van der Waals surface area (Å²) in [5.41, 5.74) is 0. The molecule has 1 aliphatic rings. The van der Waals surface area contributed by atoms with Gasteiger partial charge in [0.15, 0.2) is 0 Å². The molecule has 0 radical (unpaired) electrons. The summed E-state index contributed by atoms with van der Waals surface area (Å²) in [4.78, 5) is 0. The van der Waals surface area contributed by atoms with E-state index in [1.807, 2.05) is 0 Å². The Bertz CT molecular complexity index is 151. The van der Waals surface area contributed by atoms with Gasteiger partial charge in [-0.25, -0.2) is 0 Å². The molecular weight excluding hydrogens is 206 g/mol. The third kappa shape index (κ3) is 7.08. The molecule has 0 bridgehead atoms. The first-order valence-electron chi connectivity index (χ1n) is 8.10. The summed E-state index contributed by atoms with van der Waals surface area (Å²) in [6.07, 6.45) is 15.8. The van der Waals surface area contributed by atoms with E-state index in [0.29, 0.717) is 0 Å². The zero-order valence-corrected chi connectivity index (χ0v) is 12.1. The molecule has 17 heavy (non-hydrogen) atoms. The molecular formula is C16H33N. The van der Waals surface area contributed by atoms with Crippen LogP contribution in [0, 0.1) is 5.92 Å². The van der Waals surface area contributed by atoms with Crippen LogP contribution in [0.5, 0.6) is 0 Å². The first kappa shape index (κ1) is 15.0. The van der Waals surface area contributed by atoms with E-state index in [2.05, 4.69) is 19.2 Å². The number of rotatable bonds is 8. The number of hydrogen-bond acceptors (Lipinski definition) is 1. The molecule has 102 valence electrons. The summed E-state index contributed by atoms with van der Waals surface area (Å²) in [6.45, 7) is 5.79. The molecule has 1 nitrogen and oxygen atoms in total. The van der Waals surface area contributed by atoms with E-state index in [9.17, 15) is 0 Å². The SMILES string of the molecule is CCCCC(CC1CCCCCC1)NCCC. The van der Waals surface area contributed by atoms with Crippen LogP contribution >= 0.6 is 0 Å². The lowest BCUT2D eigenvalue weighted by Crippen LogP contribution is -2.31. The van der Waals surface area contributed by atoms with Gasteiger partial charge in [0.05, 0.1) is 0 Å². The van der Waals surface area contributed by atoms with Crippen molar-refractivity contribution in [1.29, 1.82) is 0 Å². The van der Waals surface area contributed by atoms with Crippen molar-refractivity contribution in [1.82, 2.24) is 5.32 Å². The van der Waals surface area contributed by atoms with Crippen molar-refractivity contribution < 1.29 is 0 Å². The summed E-state index contributed by atoms with van der Waals surface area (Å²) in [5.74, 6) is 1.02. The minimum atomic E-state index is 0.804. The zero-order chi connectivity index (χ0) is 12.3. The van der Waals surface area contributed by atoms with Crippen molar-refractivity contribution in [2.75, 3.05) is 6.54 Å². The maximum absolute atomic E-state index is 3.77. The van der Waals surface area contributed by atoms with Crippen molar-refractivity contribution in [3.8, 4) is 0 Å². The molecule has 0 saturated heterocycles. The van der Waals surface area contributed by atoms with Crippen LogP contribution in [0.4, 0.5) is 0 Å². The van der Waals surface area contributed by atoms with Gasteiger partial charge in [0.25, 0.3) is 0 Å². The second-order valence-electron chi connectivity index (χ2n) is 5.89. The first-order valence-corrected chi connectivity index (χ1v) is 8.10. The average Bonchev–Trinajstić information content (AvgIpc) is 2.61. The lowest BCUT2D eigenvalue weighted by atomic mass is 9.90. The van der Waals surface area contributed by atoms with E-state index in [0.717, 1.165) is 12.0 Å². The maximum Gasteiger partial charge on any atom is 0.00696 e. The summed E-state index contributed by atoms with van der Waals surface area (Å²) in [7, 11) is 0. The smallest absolute Gasteiger partial charge is 0.00696 e. The van der Waals surface area contributed by atoms with Crippen LogP contribution in [0.25, 0.3) is 0 Å². The van der Waals surface area contributed by atoms with E-state index < -0.39 is 0 Å². The van der Waals surface area contributed by atoms with Gasteiger partial charge >= 0.3 is 0 Å². The molecule has 0 heterocycles. The predicted molar refractivity (Wildman–Crippen MR) is 77.4 cm³/mol. The lowest BCUT2D eigenvalue weighted by Gasteiger charge is -2.23. The summed E-state index contributed by atoms with van der Waals surface area (Å²) in [5, 5.41) is 3.77. The van der Waals surface area contributed by atoms with E-state index in [-0.39, 0.29) is 0 Å². The number of unbranched alkanes of at least 4 members (excludes halogenated alkanes) is 1. The van der Waals surface area contributed by atoms with Crippen molar-refractivity contribution in [2.24, 2.45) is 5.92 Å². The molecule has 0 aromatic carbocycles. The molecule has 1 heteroatoms. The fraction of sp³-hybridized carbons (Fsp3) is 1.00. The third-order valence-corrected chi connectivity index (χ3v) is 4.18. The molecule has 0 aromatic rings. The van der Waals surface area contributed by atoms with Crippen LogP contribution in [-0.4, -0.2) is 12.6 Å². The van der Waals surface area contributed by atoms with E-state index in [1.54, 1.807) is 0 Å². The quantitative estimate of drug-likeness (QED) is 0.594. The Morgan fingerprint density at radius 1 is 1.00 bits per heavy atom. The topological polar surface area (TPSA) is 12.0 Å². The fourth-order valence-electron chi connectivity index (χ4n) is 3.10. The van der Waals surface area contributed by atoms with Crippen LogP contribution in [-0.2, 0) is 0 Å². The molecule has 0 aliphatic heterocycles. The summed E-state index contributed by atoms with van der Waals surface area (Å²) >= 11 is 0. The molecule has 1 aliphatic carbocycles. The number of nitrogens with one attached hydrogen (secondary N) is 1. The highest BCUT2D eigenvalue weighted by Gasteiger charge is 2.17. The van der Waals surface area contributed by atoms with Gasteiger partial charge in [-0.05, 0) is 31.7 Å². The van der Waals surface area contributed by atoms with Crippen molar-refractivity contribution in [3.05, 3.63) is 0 Å². The van der Waals surface area contributed by atoms with Crippen molar-refractivity contribution in [2.45, 2.75) is 90.5 Å². The van der Waals surface area contributed by atoms with Gasteiger partial charge in [-0.2, -0.15) is 0 Å². The van der Waals surface area contributed by atoms with Gasteiger partial charge in [-0.3, -0.25) is 0 Å². The van der Waals surface area contributed by atoms with Gasteiger partial charge in [0.1, 0.15) is 0 Å². The molecule has 1 fully saturated rings. The first-order chi connectivity index (χ1) is 8.36. The van der Waals surface area contributed by atoms with Gasteiger partial charge in [0, 0.05) is 6.04 Å². The lowest BCUT2D eigenvalue weighted by molar-refractivity contribution is 0.334. The van der Waals surface area contributed by atoms with Gasteiger partial charge in [0.2, 0.25) is 0 Å². The second-order valence-corrected chi connectivity index (χ2v) is 5.89. The second kappa shape index (κ2) is 9.94. The van der Waals surface area contributed by atoms with Crippen molar-refractivity contribution >= 4 is 0 Å². The third-order valence-electron chi connectivity index (χ3n) is 4.18. The number of hydrogen-bond donors (Lipinski definition) is 1. The van der Waals surface area contributed by atoms with Gasteiger partial charge < -0.3 is 5.32 Å². The van der Waals surface area contributed by atoms with E-state index in [1.165, 1.54) is 77.2 Å². The molecule has 0 amide bonds. The Morgan fingerprint density at radius 3 is 2.29 bits per heavy atom. The maximum atomic E-state index is 3.77. The standard InChI is InChI=1S/C16H33N/c1-3-5-12-16(17-13-4-2)14-15-10-8-6-7-9-11-15/h15-17H,3-14H2,1-2H3.